The highest BCUT2D eigenvalue weighted by atomic mass is 16.5. The van der Waals surface area contributed by atoms with Crippen LogP contribution in [-0.2, 0) is 16.0 Å². The van der Waals surface area contributed by atoms with Gasteiger partial charge in [0, 0.05) is 25.9 Å². The van der Waals surface area contributed by atoms with Crippen molar-refractivity contribution in [2.75, 3.05) is 26.9 Å². The number of hydrogen-bond donors (Lipinski definition) is 2. The summed E-state index contributed by atoms with van der Waals surface area (Å²) in [7, 11) is 1.65. The molecule has 0 saturated carbocycles. The van der Waals surface area contributed by atoms with Crippen molar-refractivity contribution in [2.45, 2.75) is 51.0 Å². The van der Waals surface area contributed by atoms with Crippen molar-refractivity contribution in [1.82, 2.24) is 15.6 Å². The number of rotatable bonds is 8. The summed E-state index contributed by atoms with van der Waals surface area (Å²) in [6, 6.07) is 4.22. The minimum absolute atomic E-state index is 0.332. The molecule has 0 radical (unpaired) electrons. The van der Waals surface area contributed by atoms with Crippen LogP contribution in [-0.4, -0.2) is 56.1 Å². The van der Waals surface area contributed by atoms with E-state index in [1.807, 2.05) is 12.1 Å². The maximum absolute atomic E-state index is 5.90. The van der Waals surface area contributed by atoms with Crippen LogP contribution in [0.5, 0.6) is 5.88 Å². The van der Waals surface area contributed by atoms with Crippen LogP contribution >= 0.6 is 0 Å². The van der Waals surface area contributed by atoms with Gasteiger partial charge in [-0.2, -0.15) is 0 Å². The van der Waals surface area contributed by atoms with Gasteiger partial charge >= 0.3 is 0 Å². The zero-order valence-electron chi connectivity index (χ0n) is 15.0. The second-order valence-corrected chi connectivity index (χ2v) is 6.40. The van der Waals surface area contributed by atoms with Gasteiger partial charge in [-0.1, -0.05) is 6.07 Å². The number of nitrogens with zero attached hydrogens (tertiary/aromatic N) is 2. The Bertz CT molecular complexity index is 564. The quantitative estimate of drug-likeness (QED) is 0.421. The van der Waals surface area contributed by atoms with Crippen molar-refractivity contribution in [2.24, 2.45) is 4.99 Å². The molecule has 25 heavy (non-hydrogen) atoms. The van der Waals surface area contributed by atoms with Crippen LogP contribution in [0.2, 0.25) is 0 Å². The van der Waals surface area contributed by atoms with Crippen LogP contribution in [0, 0.1) is 0 Å². The summed E-state index contributed by atoms with van der Waals surface area (Å²) in [6.07, 6.45) is 5.98. The maximum atomic E-state index is 5.90. The molecular weight excluding hydrogens is 320 g/mol. The number of guanidine groups is 1. The Balaban J connectivity index is 1.52. The molecular formula is C18H28N4O3. The fourth-order valence-corrected chi connectivity index (χ4v) is 3.28. The molecule has 1 aromatic rings. The third-order valence-electron chi connectivity index (χ3n) is 4.53. The van der Waals surface area contributed by atoms with E-state index < -0.39 is 0 Å². The molecule has 2 N–H and O–H groups in total. The van der Waals surface area contributed by atoms with E-state index in [2.05, 4.69) is 27.5 Å². The average Bonchev–Trinajstić information content (AvgIpc) is 3.24. The zero-order valence-corrected chi connectivity index (χ0v) is 15.0. The van der Waals surface area contributed by atoms with Crippen LogP contribution in [0.4, 0.5) is 0 Å². The Morgan fingerprint density at radius 3 is 2.92 bits per heavy atom. The fraction of sp³-hybridized carbons (Fsp3) is 0.667. The smallest absolute Gasteiger partial charge is 0.213 e. The summed E-state index contributed by atoms with van der Waals surface area (Å²) in [4.78, 5) is 8.97. The molecule has 0 amide bonds. The number of fused-ring (bicyclic) bond motifs is 2. The molecule has 3 unspecified atom stereocenters. The maximum Gasteiger partial charge on any atom is 0.213 e. The molecule has 0 aromatic carbocycles. The van der Waals surface area contributed by atoms with E-state index in [0.29, 0.717) is 43.9 Å². The molecule has 2 fully saturated rings. The van der Waals surface area contributed by atoms with Crippen LogP contribution in [0.15, 0.2) is 23.3 Å². The van der Waals surface area contributed by atoms with Gasteiger partial charge in [0.05, 0.1) is 31.4 Å². The highest BCUT2D eigenvalue weighted by Gasteiger charge is 2.41. The number of pyridine rings is 1. The third kappa shape index (κ3) is 5.06. The monoisotopic (exact) mass is 348 g/mol. The third-order valence-corrected chi connectivity index (χ3v) is 4.53. The van der Waals surface area contributed by atoms with Crippen molar-refractivity contribution >= 4 is 5.96 Å². The largest absolute Gasteiger partial charge is 0.475 e. The van der Waals surface area contributed by atoms with E-state index in [1.165, 1.54) is 6.42 Å². The number of methoxy groups -OCH3 is 1. The van der Waals surface area contributed by atoms with E-state index in [0.717, 1.165) is 30.9 Å². The van der Waals surface area contributed by atoms with E-state index in [4.69, 9.17) is 14.2 Å². The molecule has 3 heterocycles. The van der Waals surface area contributed by atoms with E-state index >= 15 is 0 Å². The van der Waals surface area contributed by atoms with Gasteiger partial charge in [-0.3, -0.25) is 0 Å². The fourth-order valence-electron chi connectivity index (χ4n) is 3.28. The predicted octanol–water partition coefficient (Wildman–Crippen LogP) is 1.48. The zero-order chi connectivity index (χ0) is 17.5. The van der Waals surface area contributed by atoms with E-state index in [1.54, 1.807) is 13.3 Å². The summed E-state index contributed by atoms with van der Waals surface area (Å²) in [6.45, 7) is 4.53. The minimum Gasteiger partial charge on any atom is -0.475 e. The second-order valence-electron chi connectivity index (χ2n) is 6.40. The summed E-state index contributed by atoms with van der Waals surface area (Å²) in [5.74, 6) is 1.44. The van der Waals surface area contributed by atoms with Crippen molar-refractivity contribution in [1.29, 1.82) is 0 Å². The van der Waals surface area contributed by atoms with Crippen molar-refractivity contribution in [3.63, 3.8) is 0 Å². The number of hydrogen-bond acceptors (Lipinski definition) is 5. The van der Waals surface area contributed by atoms with Crippen LogP contribution < -0.4 is 15.4 Å². The molecule has 2 aliphatic heterocycles. The van der Waals surface area contributed by atoms with Gasteiger partial charge in [0.2, 0.25) is 5.88 Å². The minimum atomic E-state index is 0.332. The highest BCUT2D eigenvalue weighted by Crippen LogP contribution is 2.34. The Labute approximate surface area is 149 Å². The van der Waals surface area contributed by atoms with Gasteiger partial charge in [-0.05, 0) is 31.7 Å². The SMILES string of the molecule is CCNC(=NCc1ccc(OCCOC)nc1)NC1CC2CCC1O2. The molecule has 0 aliphatic carbocycles. The number of aliphatic imine (C=N–C) groups is 1. The summed E-state index contributed by atoms with van der Waals surface area (Å²) in [5, 5.41) is 6.83. The topological polar surface area (TPSA) is 77.0 Å². The molecule has 2 aliphatic rings. The van der Waals surface area contributed by atoms with E-state index in [-0.39, 0.29) is 0 Å². The van der Waals surface area contributed by atoms with E-state index in [9.17, 15) is 0 Å². The Morgan fingerprint density at radius 2 is 2.28 bits per heavy atom. The van der Waals surface area contributed by atoms with Crippen molar-refractivity contribution in [3.8, 4) is 5.88 Å². The molecule has 7 heteroatoms. The highest BCUT2D eigenvalue weighted by molar-refractivity contribution is 5.80. The molecule has 7 nitrogen and oxygen atoms in total. The number of nitrogens with one attached hydrogen (secondary N) is 2. The van der Waals surface area contributed by atoms with Crippen LogP contribution in [0.3, 0.4) is 0 Å². The van der Waals surface area contributed by atoms with Gasteiger partial charge < -0.3 is 24.8 Å². The lowest BCUT2D eigenvalue weighted by Gasteiger charge is -2.22. The second kappa shape index (κ2) is 9.01. The standard InChI is InChI=1S/C18H28N4O3/c1-3-19-18(22-15-10-14-5-6-16(15)25-14)21-12-13-4-7-17(20-11-13)24-9-8-23-2/h4,7,11,14-16H,3,5-6,8-10,12H2,1-2H3,(H2,19,21,22). The number of aromatic nitrogens is 1. The van der Waals surface area contributed by atoms with Crippen LogP contribution in [0.25, 0.3) is 0 Å². The van der Waals surface area contributed by atoms with Gasteiger partial charge in [0.15, 0.2) is 5.96 Å². The first-order valence-electron chi connectivity index (χ1n) is 9.05. The molecule has 1 aromatic heterocycles. The van der Waals surface area contributed by atoms with Crippen molar-refractivity contribution in [3.05, 3.63) is 23.9 Å². The molecule has 0 spiro atoms. The lowest BCUT2D eigenvalue weighted by atomic mass is 9.96. The van der Waals surface area contributed by atoms with Gasteiger partial charge in [0.25, 0.3) is 0 Å². The summed E-state index contributed by atoms with van der Waals surface area (Å²) >= 11 is 0. The average molecular weight is 348 g/mol. The molecule has 3 atom stereocenters. The predicted molar refractivity (Wildman–Crippen MR) is 95.9 cm³/mol. The summed E-state index contributed by atoms with van der Waals surface area (Å²) < 4.78 is 16.3. The summed E-state index contributed by atoms with van der Waals surface area (Å²) in [5.41, 5.74) is 1.04. The Kier molecular flexibility index (Phi) is 6.47. The lowest BCUT2D eigenvalue weighted by molar-refractivity contribution is 0.0992. The Morgan fingerprint density at radius 1 is 1.36 bits per heavy atom. The first kappa shape index (κ1) is 17.9. The molecule has 2 saturated heterocycles. The van der Waals surface area contributed by atoms with Gasteiger partial charge in [0.1, 0.15) is 6.61 Å². The lowest BCUT2D eigenvalue weighted by Crippen LogP contribution is -2.47. The first-order chi connectivity index (χ1) is 12.3. The molecule has 3 rings (SSSR count). The number of ether oxygens (including phenoxy) is 3. The van der Waals surface area contributed by atoms with Gasteiger partial charge in [-0.15, -0.1) is 0 Å². The normalized spacial score (nSPS) is 25.2. The van der Waals surface area contributed by atoms with Gasteiger partial charge in [-0.25, -0.2) is 9.98 Å². The molecule has 2 bridgehead atoms. The first-order valence-corrected chi connectivity index (χ1v) is 9.05. The molecule has 138 valence electrons. The van der Waals surface area contributed by atoms with Crippen molar-refractivity contribution < 1.29 is 14.2 Å². The van der Waals surface area contributed by atoms with Crippen LogP contribution in [0.1, 0.15) is 31.7 Å². The Hall–Kier alpha value is -1.86.